The Morgan fingerprint density at radius 2 is 2.26 bits per heavy atom. The number of rotatable bonds is 5. The van der Waals surface area contributed by atoms with Crippen molar-refractivity contribution in [2.24, 2.45) is 16.6 Å². The number of nitrogens with zero attached hydrogens (tertiary/aromatic N) is 3. The first-order valence-electron chi connectivity index (χ1n) is 9.54. The maximum atomic E-state index is 12.9. The second-order valence-electron chi connectivity index (χ2n) is 7.52. The monoisotopic (exact) mass is 469 g/mol. The lowest BCUT2D eigenvalue weighted by atomic mass is 9.80. The van der Waals surface area contributed by atoms with Gasteiger partial charge in [0.15, 0.2) is 5.17 Å². The predicted octanol–water partition coefficient (Wildman–Crippen LogP) is 3.46. The number of hydrogen-bond donors (Lipinski definition) is 2. The lowest BCUT2D eigenvalue weighted by molar-refractivity contribution is -0.159. The first kappa shape index (κ1) is 21.9. The Hall–Kier alpha value is -2.31. The molecule has 8 nitrogen and oxygen atoms in total. The fourth-order valence-corrected chi connectivity index (χ4v) is 5.54. The van der Waals surface area contributed by atoms with Crippen molar-refractivity contribution in [2.75, 3.05) is 17.7 Å². The summed E-state index contributed by atoms with van der Waals surface area (Å²) in [6, 6.07) is 2.56. The van der Waals surface area contributed by atoms with E-state index in [1.807, 2.05) is 6.92 Å². The van der Waals surface area contributed by atoms with Gasteiger partial charge in [0.2, 0.25) is 0 Å². The molecule has 2 aliphatic heterocycles. The Labute approximate surface area is 185 Å². The Morgan fingerprint density at radius 1 is 1.45 bits per heavy atom. The van der Waals surface area contributed by atoms with Crippen molar-refractivity contribution in [3.8, 4) is 5.75 Å². The van der Waals surface area contributed by atoms with Crippen LogP contribution in [0.25, 0.3) is 0 Å². The summed E-state index contributed by atoms with van der Waals surface area (Å²) in [4.78, 5) is 25.7. The molecule has 1 fully saturated rings. The molecule has 31 heavy (non-hydrogen) atoms. The first-order chi connectivity index (χ1) is 14.6. The van der Waals surface area contributed by atoms with Crippen molar-refractivity contribution < 1.29 is 23.0 Å². The molecule has 4 heterocycles. The third kappa shape index (κ3) is 4.80. The third-order valence-electron chi connectivity index (χ3n) is 5.00. The van der Waals surface area contributed by atoms with Gasteiger partial charge in [-0.2, -0.15) is 8.78 Å². The number of thioether (sulfide) groups is 1. The van der Waals surface area contributed by atoms with Crippen LogP contribution in [0.15, 0.2) is 28.7 Å². The van der Waals surface area contributed by atoms with Crippen molar-refractivity contribution in [1.82, 2.24) is 9.97 Å². The highest BCUT2D eigenvalue weighted by atomic mass is 32.2. The molecule has 0 spiro atoms. The second-order valence-corrected chi connectivity index (χ2v) is 9.42. The number of ether oxygens (including phenoxy) is 2. The molecule has 3 atom stereocenters. The smallest absolute Gasteiger partial charge is 0.394 e. The molecule has 1 amide bonds. The third-order valence-corrected chi connectivity index (χ3v) is 6.97. The Kier molecular flexibility index (Phi) is 5.88. The van der Waals surface area contributed by atoms with Gasteiger partial charge in [-0.25, -0.2) is 15.0 Å². The standard InChI is InChI=1S/C19H21F2N5O3S2/c1-10-5-11-7-31-17(22)26-19(11,9-28-10)16-25-14(8-30-16)24-15(27)13-4-3-12(6-23-13)29-18(2,20)21/h3-4,6,8,10-11H,5,7,9H2,1-2H3,(H2,22,26)(H,24,27)/t10-,11-,19-/m0/s1. The largest absolute Gasteiger partial charge is 0.431 e. The molecule has 0 unspecified atom stereocenters. The van der Waals surface area contributed by atoms with Gasteiger partial charge in [-0.15, -0.1) is 11.3 Å². The van der Waals surface area contributed by atoms with Gasteiger partial charge in [0, 0.05) is 24.0 Å². The van der Waals surface area contributed by atoms with Crippen molar-refractivity contribution in [2.45, 2.75) is 38.0 Å². The van der Waals surface area contributed by atoms with Crippen LogP contribution in [-0.4, -0.2) is 45.6 Å². The molecular weight excluding hydrogens is 448 g/mol. The zero-order chi connectivity index (χ0) is 22.2. The highest BCUT2D eigenvalue weighted by Crippen LogP contribution is 2.47. The lowest BCUT2D eigenvalue weighted by Gasteiger charge is -2.44. The Balaban J connectivity index is 1.50. The van der Waals surface area contributed by atoms with Crippen LogP contribution in [0.1, 0.15) is 35.8 Å². The Bertz CT molecular complexity index is 995. The molecule has 0 radical (unpaired) electrons. The molecule has 0 bridgehead atoms. The zero-order valence-electron chi connectivity index (χ0n) is 16.8. The molecule has 2 aliphatic rings. The summed E-state index contributed by atoms with van der Waals surface area (Å²) >= 11 is 2.91. The summed E-state index contributed by atoms with van der Waals surface area (Å²) in [5.41, 5.74) is 5.40. The molecule has 2 aromatic rings. The van der Waals surface area contributed by atoms with Gasteiger partial charge in [-0.05, 0) is 25.5 Å². The van der Waals surface area contributed by atoms with Crippen LogP contribution in [0.3, 0.4) is 0 Å². The fourth-order valence-electron chi connectivity index (χ4n) is 3.57. The number of nitrogens with two attached hydrogens (primary N) is 1. The predicted molar refractivity (Wildman–Crippen MR) is 115 cm³/mol. The van der Waals surface area contributed by atoms with Crippen LogP contribution in [-0.2, 0) is 10.3 Å². The summed E-state index contributed by atoms with van der Waals surface area (Å²) in [5, 5.41) is 5.63. The number of carbonyl (C=O) groups excluding carboxylic acids is 1. The minimum atomic E-state index is -3.33. The van der Waals surface area contributed by atoms with E-state index in [1.165, 1.54) is 35.2 Å². The minimum Gasteiger partial charge on any atom is -0.431 e. The SMILES string of the molecule is C[C@H]1C[C@H]2CSC(N)=N[C@@]2(c2nc(NC(=O)c3ccc(OC(C)(F)F)cn3)cs2)CO1. The van der Waals surface area contributed by atoms with Crippen molar-refractivity contribution in [1.29, 1.82) is 0 Å². The van der Waals surface area contributed by atoms with E-state index in [0.717, 1.165) is 23.4 Å². The van der Waals surface area contributed by atoms with Crippen molar-refractivity contribution in [3.05, 3.63) is 34.4 Å². The van der Waals surface area contributed by atoms with Crippen LogP contribution >= 0.6 is 23.1 Å². The van der Waals surface area contributed by atoms with Gasteiger partial charge < -0.3 is 20.5 Å². The van der Waals surface area contributed by atoms with E-state index in [-0.39, 0.29) is 23.5 Å². The number of anilines is 1. The Morgan fingerprint density at radius 3 is 2.97 bits per heavy atom. The number of alkyl halides is 2. The average Bonchev–Trinajstić information content (AvgIpc) is 3.16. The second kappa shape index (κ2) is 8.32. The van der Waals surface area contributed by atoms with Crippen LogP contribution in [0.2, 0.25) is 0 Å². The number of nitrogens with one attached hydrogen (secondary N) is 1. The molecule has 0 aliphatic carbocycles. The summed E-state index contributed by atoms with van der Waals surface area (Å²) < 4.78 is 36.1. The van der Waals surface area contributed by atoms with Gasteiger partial charge in [-0.3, -0.25) is 4.79 Å². The normalized spacial score (nSPS) is 26.0. The number of halogens is 2. The number of fused-ring (bicyclic) bond motifs is 1. The number of pyridine rings is 1. The van der Waals surface area contributed by atoms with Crippen LogP contribution in [0.4, 0.5) is 14.6 Å². The molecule has 1 saturated heterocycles. The molecular formula is C19H21F2N5O3S2. The number of aromatic nitrogens is 2. The molecule has 3 N–H and O–H groups in total. The highest BCUT2D eigenvalue weighted by Gasteiger charge is 2.49. The number of hydrogen-bond acceptors (Lipinski definition) is 9. The molecule has 0 saturated carbocycles. The van der Waals surface area contributed by atoms with E-state index < -0.39 is 17.6 Å². The minimum absolute atomic E-state index is 0.0449. The van der Waals surface area contributed by atoms with Gasteiger partial charge >= 0.3 is 6.11 Å². The van der Waals surface area contributed by atoms with Gasteiger partial charge in [-0.1, -0.05) is 11.8 Å². The number of amidine groups is 1. The van der Waals surface area contributed by atoms with E-state index in [9.17, 15) is 13.6 Å². The van der Waals surface area contributed by atoms with Crippen LogP contribution < -0.4 is 15.8 Å². The maximum absolute atomic E-state index is 12.9. The van der Waals surface area contributed by atoms with Crippen LogP contribution in [0, 0.1) is 5.92 Å². The molecule has 0 aromatic carbocycles. The van der Waals surface area contributed by atoms with Gasteiger partial charge in [0.1, 0.15) is 27.8 Å². The number of aliphatic imine (C=N–C) groups is 1. The zero-order valence-corrected chi connectivity index (χ0v) is 18.4. The topological polar surface area (TPSA) is 112 Å². The summed E-state index contributed by atoms with van der Waals surface area (Å²) in [7, 11) is 0. The summed E-state index contributed by atoms with van der Waals surface area (Å²) in [6.45, 7) is 3.04. The number of carbonyl (C=O) groups is 1. The quantitative estimate of drug-likeness (QED) is 0.690. The van der Waals surface area contributed by atoms with Gasteiger partial charge in [0.25, 0.3) is 5.91 Å². The van der Waals surface area contributed by atoms with E-state index >= 15 is 0 Å². The van der Waals surface area contributed by atoms with Crippen molar-refractivity contribution in [3.63, 3.8) is 0 Å². The first-order valence-corrected chi connectivity index (χ1v) is 11.4. The van der Waals surface area contributed by atoms with Gasteiger partial charge in [0.05, 0.1) is 18.9 Å². The number of amides is 1. The molecule has 166 valence electrons. The van der Waals surface area contributed by atoms with E-state index in [4.69, 9.17) is 15.5 Å². The molecule has 2 aromatic heterocycles. The van der Waals surface area contributed by atoms with E-state index in [1.54, 1.807) is 5.38 Å². The lowest BCUT2D eigenvalue weighted by Crippen LogP contribution is -2.49. The van der Waals surface area contributed by atoms with Crippen LogP contribution in [0.5, 0.6) is 5.75 Å². The molecule has 12 heteroatoms. The van der Waals surface area contributed by atoms with E-state index in [0.29, 0.717) is 24.5 Å². The molecule has 4 rings (SSSR count). The van der Waals surface area contributed by atoms with Crippen molar-refractivity contribution >= 4 is 40.0 Å². The highest BCUT2D eigenvalue weighted by molar-refractivity contribution is 8.13. The summed E-state index contributed by atoms with van der Waals surface area (Å²) in [6.07, 6.45) is -1.28. The average molecular weight is 470 g/mol. The maximum Gasteiger partial charge on any atom is 0.394 e. The number of thiazole rings is 1. The van der Waals surface area contributed by atoms with E-state index in [2.05, 4.69) is 20.0 Å². The summed E-state index contributed by atoms with van der Waals surface area (Å²) in [5.74, 6) is 0.762. The fraction of sp³-hybridized carbons (Fsp3) is 0.474.